The average Bonchev–Trinajstić information content (AvgIpc) is 3.34. The van der Waals surface area contributed by atoms with E-state index in [9.17, 15) is 9.59 Å². The SMILES string of the molecule is CNC(=O)c1c[n+](CC(C)c2ccc3[nH]nc(C(N)=O)c3c2)n2ccc(C(C)C)cc12. The Morgan fingerprint density at radius 3 is 2.65 bits per heavy atom. The predicted molar refractivity (Wildman–Crippen MR) is 118 cm³/mol. The molecular weight excluding hydrogens is 392 g/mol. The summed E-state index contributed by atoms with van der Waals surface area (Å²) < 4.78 is 4.06. The summed E-state index contributed by atoms with van der Waals surface area (Å²) in [5.41, 5.74) is 10.2. The molecule has 8 heteroatoms. The van der Waals surface area contributed by atoms with Crippen LogP contribution in [0.1, 0.15) is 64.6 Å². The number of benzene rings is 1. The maximum atomic E-state index is 12.5. The number of hydrogen-bond donors (Lipinski definition) is 3. The minimum atomic E-state index is -0.556. The van der Waals surface area contributed by atoms with Gasteiger partial charge in [0.15, 0.2) is 12.2 Å². The minimum absolute atomic E-state index is 0.115. The van der Waals surface area contributed by atoms with Crippen molar-refractivity contribution < 1.29 is 14.3 Å². The summed E-state index contributed by atoms with van der Waals surface area (Å²) in [5, 5.41) is 10.3. The summed E-state index contributed by atoms with van der Waals surface area (Å²) in [4.78, 5) is 24.2. The van der Waals surface area contributed by atoms with Gasteiger partial charge < -0.3 is 11.1 Å². The maximum absolute atomic E-state index is 12.5. The Kier molecular flexibility index (Phi) is 5.22. The topological polar surface area (TPSA) is 109 Å². The largest absolute Gasteiger partial charge is 0.364 e. The normalized spacial score (nSPS) is 12.5. The molecule has 1 aromatic carbocycles. The average molecular weight is 420 g/mol. The highest BCUT2D eigenvalue weighted by molar-refractivity contribution is 6.04. The highest BCUT2D eigenvalue weighted by Gasteiger charge is 2.24. The van der Waals surface area contributed by atoms with Gasteiger partial charge in [0.1, 0.15) is 11.1 Å². The van der Waals surface area contributed by atoms with Crippen molar-refractivity contribution >= 4 is 28.2 Å². The summed E-state index contributed by atoms with van der Waals surface area (Å²) in [5.74, 6) is -0.189. The number of fused-ring (bicyclic) bond motifs is 2. The van der Waals surface area contributed by atoms with Crippen LogP contribution >= 0.6 is 0 Å². The lowest BCUT2D eigenvalue weighted by molar-refractivity contribution is -0.762. The van der Waals surface area contributed by atoms with Gasteiger partial charge in [-0.25, -0.2) is 0 Å². The molecule has 0 saturated carbocycles. The maximum Gasteiger partial charge on any atom is 0.269 e. The molecule has 0 bridgehead atoms. The molecule has 1 atom stereocenters. The molecule has 0 saturated heterocycles. The summed E-state index contributed by atoms with van der Waals surface area (Å²) in [7, 11) is 1.64. The van der Waals surface area contributed by atoms with Crippen LogP contribution in [0.2, 0.25) is 0 Å². The molecule has 160 valence electrons. The first-order valence-electron chi connectivity index (χ1n) is 10.3. The highest BCUT2D eigenvalue weighted by Crippen LogP contribution is 2.24. The Bertz CT molecular complexity index is 1300. The first-order chi connectivity index (χ1) is 14.8. The van der Waals surface area contributed by atoms with Gasteiger partial charge in [-0.2, -0.15) is 5.10 Å². The third kappa shape index (κ3) is 3.65. The Morgan fingerprint density at radius 2 is 1.97 bits per heavy atom. The zero-order valence-electron chi connectivity index (χ0n) is 18.1. The number of amides is 2. The standard InChI is InChI=1S/C23H26N6O2/c1-13(2)15-7-8-29-20(10-15)18(23(31)25-4)12-28(29)11-14(3)16-5-6-19-17(9-16)21(22(24)30)27-26-19/h5-10,12-14H,11H2,1-4H3,(H3-,24,25,26,27,30,31)/p+1. The lowest BCUT2D eigenvalue weighted by Crippen LogP contribution is -2.41. The van der Waals surface area contributed by atoms with Crippen molar-refractivity contribution in [3.8, 4) is 0 Å². The highest BCUT2D eigenvalue weighted by atomic mass is 16.2. The van der Waals surface area contributed by atoms with Crippen molar-refractivity contribution in [2.24, 2.45) is 5.73 Å². The third-order valence-corrected chi connectivity index (χ3v) is 5.78. The number of H-pyrrole nitrogens is 1. The van der Waals surface area contributed by atoms with Gasteiger partial charge in [0.2, 0.25) is 6.20 Å². The van der Waals surface area contributed by atoms with E-state index in [-0.39, 0.29) is 17.5 Å². The van der Waals surface area contributed by atoms with Crippen molar-refractivity contribution in [2.45, 2.75) is 39.2 Å². The number of aromatic nitrogens is 4. The lowest BCUT2D eigenvalue weighted by atomic mass is 9.99. The van der Waals surface area contributed by atoms with Crippen LogP contribution in [0.25, 0.3) is 16.4 Å². The van der Waals surface area contributed by atoms with Gasteiger partial charge in [0, 0.05) is 18.4 Å². The number of rotatable bonds is 6. The number of nitrogens with two attached hydrogens (primary N) is 1. The van der Waals surface area contributed by atoms with Crippen LogP contribution in [0.3, 0.4) is 0 Å². The molecule has 0 aliphatic heterocycles. The molecule has 0 aliphatic rings. The van der Waals surface area contributed by atoms with Crippen molar-refractivity contribution in [3.63, 3.8) is 0 Å². The van der Waals surface area contributed by atoms with E-state index in [1.165, 1.54) is 5.56 Å². The van der Waals surface area contributed by atoms with E-state index in [2.05, 4.69) is 48.4 Å². The van der Waals surface area contributed by atoms with Crippen molar-refractivity contribution in [1.29, 1.82) is 0 Å². The predicted octanol–water partition coefficient (Wildman–Crippen LogP) is 2.49. The number of aromatic amines is 1. The number of nitrogens with one attached hydrogen (secondary N) is 2. The van der Waals surface area contributed by atoms with E-state index in [0.717, 1.165) is 22.0 Å². The van der Waals surface area contributed by atoms with Crippen LogP contribution in [0.15, 0.2) is 42.7 Å². The molecule has 3 aromatic heterocycles. The second kappa shape index (κ2) is 7.86. The van der Waals surface area contributed by atoms with Crippen molar-refractivity contribution in [1.82, 2.24) is 20.0 Å². The van der Waals surface area contributed by atoms with Crippen molar-refractivity contribution in [3.05, 3.63) is 65.1 Å². The van der Waals surface area contributed by atoms with Gasteiger partial charge in [-0.15, -0.1) is 9.20 Å². The second-order valence-corrected chi connectivity index (χ2v) is 8.23. The van der Waals surface area contributed by atoms with E-state index in [0.29, 0.717) is 18.0 Å². The Hall–Kier alpha value is -3.68. The van der Waals surface area contributed by atoms with Gasteiger partial charge >= 0.3 is 0 Å². The van der Waals surface area contributed by atoms with Crippen molar-refractivity contribution in [2.75, 3.05) is 7.05 Å². The minimum Gasteiger partial charge on any atom is -0.364 e. The molecule has 4 N–H and O–H groups in total. The number of pyridine rings is 1. The number of nitrogens with zero attached hydrogens (tertiary/aromatic N) is 3. The van der Waals surface area contributed by atoms with E-state index >= 15 is 0 Å². The molecule has 3 heterocycles. The molecule has 0 aliphatic carbocycles. The smallest absolute Gasteiger partial charge is 0.269 e. The first-order valence-corrected chi connectivity index (χ1v) is 10.3. The summed E-state index contributed by atoms with van der Waals surface area (Å²) >= 11 is 0. The van der Waals surface area contributed by atoms with Gasteiger partial charge in [-0.05, 0) is 41.3 Å². The Balaban J connectivity index is 1.74. The van der Waals surface area contributed by atoms with E-state index < -0.39 is 5.91 Å². The zero-order valence-corrected chi connectivity index (χ0v) is 18.1. The van der Waals surface area contributed by atoms with Crippen LogP contribution in [-0.2, 0) is 6.54 Å². The van der Waals surface area contributed by atoms with Crippen LogP contribution < -0.4 is 15.7 Å². The molecule has 4 aromatic rings. The molecule has 31 heavy (non-hydrogen) atoms. The monoisotopic (exact) mass is 419 g/mol. The third-order valence-electron chi connectivity index (χ3n) is 5.78. The summed E-state index contributed by atoms with van der Waals surface area (Å²) in [6.45, 7) is 7.03. The van der Waals surface area contributed by atoms with E-state index in [4.69, 9.17) is 5.73 Å². The van der Waals surface area contributed by atoms with Gasteiger partial charge in [0.25, 0.3) is 11.8 Å². The molecule has 0 radical (unpaired) electrons. The van der Waals surface area contributed by atoms with Crippen LogP contribution in [0.5, 0.6) is 0 Å². The zero-order chi connectivity index (χ0) is 22.3. The Morgan fingerprint density at radius 1 is 1.19 bits per heavy atom. The van der Waals surface area contributed by atoms with Crippen LogP contribution in [-0.4, -0.2) is 33.6 Å². The number of primary amides is 1. The molecule has 1 unspecified atom stereocenters. The van der Waals surface area contributed by atoms with Gasteiger partial charge in [0.05, 0.1) is 11.7 Å². The molecular formula is C23H27N6O2+. The van der Waals surface area contributed by atoms with E-state index in [1.807, 2.05) is 39.8 Å². The van der Waals surface area contributed by atoms with Gasteiger partial charge in [-0.1, -0.05) is 26.8 Å². The fourth-order valence-electron chi connectivity index (χ4n) is 3.93. The fourth-order valence-corrected chi connectivity index (χ4v) is 3.93. The molecule has 8 nitrogen and oxygen atoms in total. The second-order valence-electron chi connectivity index (χ2n) is 8.23. The summed E-state index contributed by atoms with van der Waals surface area (Å²) in [6, 6.07) is 10.0. The van der Waals surface area contributed by atoms with Crippen LogP contribution in [0.4, 0.5) is 0 Å². The Labute approximate surface area is 180 Å². The molecule has 0 fully saturated rings. The molecule has 2 amide bonds. The fraction of sp³-hybridized carbons (Fsp3) is 0.304. The molecule has 4 rings (SSSR count). The number of hydrogen-bond acceptors (Lipinski definition) is 3. The first kappa shape index (κ1) is 20.6. The molecule has 0 spiro atoms. The summed E-state index contributed by atoms with van der Waals surface area (Å²) in [6.07, 6.45) is 3.90. The lowest BCUT2D eigenvalue weighted by Gasteiger charge is -2.09. The number of carbonyl (C=O) groups excluding carboxylic acids is 2. The van der Waals surface area contributed by atoms with E-state index in [1.54, 1.807) is 7.05 Å². The van der Waals surface area contributed by atoms with Crippen LogP contribution in [0, 0.1) is 0 Å². The quantitative estimate of drug-likeness (QED) is 0.418. The number of carbonyl (C=O) groups is 2. The van der Waals surface area contributed by atoms with Gasteiger partial charge in [-0.3, -0.25) is 14.7 Å².